The van der Waals surface area contributed by atoms with Gasteiger partial charge in [0.25, 0.3) is 0 Å². The van der Waals surface area contributed by atoms with Gasteiger partial charge < -0.3 is 10.1 Å². The average Bonchev–Trinajstić information content (AvgIpc) is 2.87. The molecule has 4 heterocycles. The van der Waals surface area contributed by atoms with Crippen LogP contribution in [0.4, 0.5) is 0 Å². The highest BCUT2D eigenvalue weighted by molar-refractivity contribution is 5.82. The molecule has 0 saturated carbocycles. The van der Waals surface area contributed by atoms with Gasteiger partial charge in [-0.25, -0.2) is 0 Å². The van der Waals surface area contributed by atoms with Crippen LogP contribution < -0.4 is 5.32 Å². The molecule has 4 aliphatic heterocycles. The summed E-state index contributed by atoms with van der Waals surface area (Å²) in [6.07, 6.45) is 1.68. The molecule has 1 N–H and O–H groups in total. The van der Waals surface area contributed by atoms with E-state index in [0.29, 0.717) is 6.54 Å². The second kappa shape index (κ2) is 7.28. The van der Waals surface area contributed by atoms with Gasteiger partial charge in [0.2, 0.25) is 5.91 Å². The first kappa shape index (κ1) is 18.1. The number of amides is 1. The number of morpholine rings is 1. The molecule has 0 aliphatic carbocycles. The lowest BCUT2D eigenvalue weighted by Gasteiger charge is -2.45. The molecule has 4 saturated heterocycles. The molecule has 6 nitrogen and oxygen atoms in total. The number of rotatable bonds is 4. The van der Waals surface area contributed by atoms with Crippen LogP contribution in [0.2, 0.25) is 0 Å². The molecular weight excluding hydrogens is 304 g/mol. The zero-order valence-corrected chi connectivity index (χ0v) is 15.8. The fourth-order valence-electron chi connectivity index (χ4n) is 4.30. The van der Waals surface area contributed by atoms with E-state index in [9.17, 15) is 4.79 Å². The van der Waals surface area contributed by atoms with Crippen LogP contribution in [-0.2, 0) is 9.53 Å². The molecule has 0 aromatic heterocycles. The van der Waals surface area contributed by atoms with Crippen molar-refractivity contribution in [2.45, 2.75) is 57.9 Å². The first-order valence-corrected chi connectivity index (χ1v) is 9.50. The monoisotopic (exact) mass is 338 g/mol. The summed E-state index contributed by atoms with van der Waals surface area (Å²) in [5.41, 5.74) is -0.0542. The number of hydrogen-bond donors (Lipinski definition) is 1. The van der Waals surface area contributed by atoms with Crippen LogP contribution in [0.5, 0.6) is 0 Å². The van der Waals surface area contributed by atoms with Gasteiger partial charge in [0.15, 0.2) is 0 Å². The van der Waals surface area contributed by atoms with Gasteiger partial charge in [-0.1, -0.05) is 0 Å². The molecular formula is C18H34N4O2. The van der Waals surface area contributed by atoms with Gasteiger partial charge in [-0.3, -0.25) is 19.5 Å². The summed E-state index contributed by atoms with van der Waals surface area (Å²) in [7, 11) is 0. The van der Waals surface area contributed by atoms with E-state index in [0.717, 1.165) is 45.8 Å². The number of carbonyl (C=O) groups excluding carboxylic acids is 1. The molecule has 4 aliphatic rings. The Morgan fingerprint density at radius 1 is 1.08 bits per heavy atom. The molecule has 0 spiro atoms. The zero-order chi connectivity index (χ0) is 17.3. The number of carbonyl (C=O) groups is 1. The Kier molecular flexibility index (Phi) is 5.49. The maximum Gasteiger partial charge on any atom is 0.238 e. The summed E-state index contributed by atoms with van der Waals surface area (Å²) in [4.78, 5) is 20.0. The second-order valence-corrected chi connectivity index (χ2v) is 8.40. The Morgan fingerprint density at radius 3 is 2.50 bits per heavy atom. The van der Waals surface area contributed by atoms with Gasteiger partial charge in [-0.2, -0.15) is 0 Å². The number of nitrogens with zero attached hydrogens (tertiary/aromatic N) is 3. The lowest BCUT2D eigenvalue weighted by atomic mass is 9.99. The number of piperazine rings is 1. The third-order valence-corrected chi connectivity index (χ3v) is 5.77. The van der Waals surface area contributed by atoms with E-state index in [2.05, 4.69) is 47.7 Å². The van der Waals surface area contributed by atoms with E-state index in [1.54, 1.807) is 0 Å². The summed E-state index contributed by atoms with van der Waals surface area (Å²) >= 11 is 0. The van der Waals surface area contributed by atoms with Crippen LogP contribution in [0.15, 0.2) is 0 Å². The quantitative estimate of drug-likeness (QED) is 0.803. The molecule has 138 valence electrons. The third kappa shape index (κ3) is 4.10. The van der Waals surface area contributed by atoms with Crippen molar-refractivity contribution in [2.75, 3.05) is 52.4 Å². The highest BCUT2D eigenvalue weighted by Gasteiger charge is 2.37. The molecule has 1 amide bonds. The molecule has 6 heteroatoms. The Balaban J connectivity index is 1.55. The summed E-state index contributed by atoms with van der Waals surface area (Å²) in [5, 5.41) is 3.24. The molecule has 2 bridgehead atoms. The fourth-order valence-corrected chi connectivity index (χ4v) is 4.30. The van der Waals surface area contributed by atoms with Crippen LogP contribution in [0.25, 0.3) is 0 Å². The predicted molar refractivity (Wildman–Crippen MR) is 95.1 cm³/mol. The van der Waals surface area contributed by atoms with Crippen LogP contribution in [-0.4, -0.2) is 96.8 Å². The lowest BCUT2D eigenvalue weighted by Crippen LogP contribution is -2.61. The summed E-state index contributed by atoms with van der Waals surface area (Å²) in [6, 6.07) is 0.0274. The van der Waals surface area contributed by atoms with Crippen molar-refractivity contribution in [3.05, 3.63) is 0 Å². The molecule has 0 aromatic rings. The Hall–Kier alpha value is -0.690. The minimum Gasteiger partial charge on any atom is -0.373 e. The first-order valence-electron chi connectivity index (χ1n) is 9.50. The minimum atomic E-state index is -0.0542. The van der Waals surface area contributed by atoms with E-state index in [-0.39, 0.29) is 29.7 Å². The van der Waals surface area contributed by atoms with E-state index < -0.39 is 0 Å². The normalized spacial score (nSPS) is 37.9. The van der Waals surface area contributed by atoms with Gasteiger partial charge >= 0.3 is 0 Å². The van der Waals surface area contributed by atoms with E-state index in [4.69, 9.17) is 4.74 Å². The predicted octanol–water partition coefficient (Wildman–Crippen LogP) is 0.380. The number of ether oxygens (including phenoxy) is 1. The van der Waals surface area contributed by atoms with Gasteiger partial charge in [-0.05, 0) is 40.7 Å². The van der Waals surface area contributed by atoms with Crippen molar-refractivity contribution in [2.24, 2.45) is 0 Å². The SMILES string of the molecule is C[C@@H]1CN(C(C)(C)CNC(=O)[C@@H]2CN3CCCN2CC3)C[C@@H](C)O1. The van der Waals surface area contributed by atoms with Gasteiger partial charge in [0, 0.05) is 51.4 Å². The second-order valence-electron chi connectivity index (χ2n) is 8.40. The largest absolute Gasteiger partial charge is 0.373 e. The average molecular weight is 338 g/mol. The topological polar surface area (TPSA) is 48.1 Å². The van der Waals surface area contributed by atoms with Crippen molar-refractivity contribution in [1.82, 2.24) is 20.0 Å². The summed E-state index contributed by atoms with van der Waals surface area (Å²) in [5.74, 6) is 0.198. The number of nitrogens with one attached hydrogen (secondary N) is 1. The van der Waals surface area contributed by atoms with Crippen LogP contribution in [0.1, 0.15) is 34.1 Å². The number of fused-ring (bicyclic) bond motifs is 4. The maximum absolute atomic E-state index is 12.8. The molecule has 0 radical (unpaired) electrons. The van der Waals surface area contributed by atoms with Gasteiger partial charge in [0.05, 0.1) is 12.2 Å². The molecule has 24 heavy (non-hydrogen) atoms. The first-order chi connectivity index (χ1) is 11.3. The molecule has 4 rings (SSSR count). The van der Waals surface area contributed by atoms with Gasteiger partial charge in [-0.15, -0.1) is 0 Å². The highest BCUT2D eigenvalue weighted by atomic mass is 16.5. The number of hydrogen-bond acceptors (Lipinski definition) is 5. The van der Waals surface area contributed by atoms with E-state index in [1.807, 2.05) is 0 Å². The summed E-state index contributed by atoms with van der Waals surface area (Å²) in [6.45, 7) is 16.5. The third-order valence-electron chi connectivity index (χ3n) is 5.77. The molecule has 5 atom stereocenters. The van der Waals surface area contributed by atoms with E-state index >= 15 is 0 Å². The van der Waals surface area contributed by atoms with E-state index in [1.165, 1.54) is 6.42 Å². The van der Waals surface area contributed by atoms with Crippen molar-refractivity contribution < 1.29 is 9.53 Å². The standard InChI is InChI=1S/C18H34N4O2/c1-14-10-22(11-15(2)24-14)18(3,4)13-19-17(23)16-12-20-6-5-7-21(16)9-8-20/h14-16H,5-13H2,1-4H3,(H,19,23)/t14-,15-,16+/m1/s1. The van der Waals surface area contributed by atoms with Crippen LogP contribution in [0.3, 0.4) is 0 Å². The fraction of sp³-hybridized carbons (Fsp3) is 0.944. The van der Waals surface area contributed by atoms with Crippen molar-refractivity contribution in [3.63, 3.8) is 0 Å². The smallest absolute Gasteiger partial charge is 0.238 e. The molecule has 0 aromatic carbocycles. The summed E-state index contributed by atoms with van der Waals surface area (Å²) < 4.78 is 5.84. The Morgan fingerprint density at radius 2 is 1.79 bits per heavy atom. The molecule has 4 fully saturated rings. The minimum absolute atomic E-state index is 0.0274. The van der Waals surface area contributed by atoms with Gasteiger partial charge in [0.1, 0.15) is 6.04 Å². The highest BCUT2D eigenvalue weighted by Crippen LogP contribution is 2.21. The van der Waals surface area contributed by atoms with Crippen molar-refractivity contribution in [1.29, 1.82) is 0 Å². The molecule has 2 unspecified atom stereocenters. The van der Waals surface area contributed by atoms with Crippen LogP contribution >= 0.6 is 0 Å². The maximum atomic E-state index is 12.8. The Bertz CT molecular complexity index is 442. The lowest BCUT2D eigenvalue weighted by molar-refractivity contribution is -0.129. The van der Waals surface area contributed by atoms with Crippen molar-refractivity contribution >= 4 is 5.91 Å². The van der Waals surface area contributed by atoms with Crippen molar-refractivity contribution in [3.8, 4) is 0 Å². The zero-order valence-electron chi connectivity index (χ0n) is 15.8. The van der Waals surface area contributed by atoms with Crippen LogP contribution in [0, 0.1) is 0 Å². The Labute approximate surface area is 146 Å².